The van der Waals surface area contributed by atoms with Crippen LogP contribution in [0.15, 0.2) is 43.0 Å². The topological polar surface area (TPSA) is 73.6 Å². The molecule has 7 aliphatic carbocycles. The van der Waals surface area contributed by atoms with Gasteiger partial charge in [0.05, 0.1) is 23.8 Å². The number of aliphatic hydroxyl groups is 3. The molecule has 2 bridgehead atoms. The molecular weight excluding hydrogens is 578 g/mol. The molecule has 7 saturated carbocycles. The predicted molar refractivity (Wildman–Crippen MR) is 189 cm³/mol. The first kappa shape index (κ1) is 32.5. The van der Waals surface area contributed by atoms with Crippen molar-refractivity contribution >= 4 is 10.9 Å². The van der Waals surface area contributed by atoms with E-state index < -0.39 is 6.10 Å². The number of pyridine rings is 1. The van der Waals surface area contributed by atoms with Crippen molar-refractivity contribution in [2.24, 2.45) is 70.0 Å². The van der Waals surface area contributed by atoms with Crippen LogP contribution in [-0.2, 0) is 6.42 Å². The molecule has 0 radical (unpaired) electrons. The maximum atomic E-state index is 12.0. The van der Waals surface area contributed by atoms with E-state index in [-0.39, 0.29) is 17.6 Å². The molecule has 0 amide bonds. The number of nitrogens with zero attached hydrogens (tertiary/aromatic N) is 1. The molecule has 3 N–H and O–H groups in total. The molecule has 47 heavy (non-hydrogen) atoms. The molecule has 2 unspecified atom stereocenters. The Morgan fingerprint density at radius 1 is 0.915 bits per heavy atom. The average Bonchev–Trinajstić information content (AvgIpc) is 3.44. The SMILES string of the molecule is C=CC1C[C@@H]2CC[C@H]1CC2[C@@H](O)c1cc(CC[C@@H](C)[C@H]2CC[C@H]3[C@@H]4[C@H](O)C[C@@H]5C[C@H](O)CC[C@]5(C)[C@H]4CC[C@]23C)nc2ccccc12. The Hall–Kier alpha value is -1.75. The normalized spacial score (nSPS) is 45.5. The molecule has 1 aromatic carbocycles. The molecule has 0 spiro atoms. The van der Waals surface area contributed by atoms with Gasteiger partial charge in [-0.25, -0.2) is 0 Å². The zero-order valence-electron chi connectivity index (χ0n) is 29.4. The van der Waals surface area contributed by atoms with Crippen LogP contribution in [0, 0.1) is 70.0 Å². The van der Waals surface area contributed by atoms with Gasteiger partial charge >= 0.3 is 0 Å². The summed E-state index contributed by atoms with van der Waals surface area (Å²) in [7, 11) is 0. The van der Waals surface area contributed by atoms with Gasteiger partial charge < -0.3 is 15.3 Å². The van der Waals surface area contributed by atoms with Gasteiger partial charge in [-0.1, -0.05) is 45.0 Å². The number of aliphatic hydroxyl groups excluding tert-OH is 3. The van der Waals surface area contributed by atoms with Gasteiger partial charge in [0.25, 0.3) is 0 Å². The quantitative estimate of drug-likeness (QED) is 0.264. The highest BCUT2D eigenvalue weighted by molar-refractivity contribution is 5.82. The number of hydrogen-bond donors (Lipinski definition) is 3. The number of hydrogen-bond acceptors (Lipinski definition) is 4. The van der Waals surface area contributed by atoms with Gasteiger partial charge in [0.2, 0.25) is 0 Å². The smallest absolute Gasteiger partial charge is 0.0828 e. The van der Waals surface area contributed by atoms with E-state index in [2.05, 4.69) is 63.8 Å². The van der Waals surface area contributed by atoms with E-state index in [1.807, 2.05) is 0 Å². The molecule has 4 heteroatoms. The number of fused-ring (bicyclic) bond motifs is 9. The van der Waals surface area contributed by atoms with Crippen LogP contribution in [0.25, 0.3) is 10.9 Å². The average molecular weight is 640 g/mol. The third-order valence-corrected chi connectivity index (χ3v) is 16.4. The lowest BCUT2D eigenvalue weighted by atomic mass is 9.43. The third kappa shape index (κ3) is 5.29. The molecule has 7 aliphatic rings. The molecule has 0 saturated heterocycles. The van der Waals surface area contributed by atoms with E-state index in [9.17, 15) is 15.3 Å². The first-order valence-corrected chi connectivity index (χ1v) is 19.7. The van der Waals surface area contributed by atoms with E-state index in [0.717, 1.165) is 67.1 Å². The van der Waals surface area contributed by atoms with Crippen LogP contribution in [-0.4, -0.2) is 32.5 Å². The maximum absolute atomic E-state index is 12.0. The number of aromatic nitrogens is 1. The molecule has 1 aromatic heterocycles. The van der Waals surface area contributed by atoms with Gasteiger partial charge in [0, 0.05) is 11.1 Å². The van der Waals surface area contributed by atoms with Gasteiger partial charge in [-0.15, -0.1) is 6.58 Å². The number of benzene rings is 1. The van der Waals surface area contributed by atoms with Crippen molar-refractivity contribution in [1.82, 2.24) is 4.98 Å². The van der Waals surface area contributed by atoms with E-state index in [4.69, 9.17) is 4.98 Å². The van der Waals surface area contributed by atoms with Gasteiger partial charge in [-0.05, 0) is 178 Å². The molecule has 9 rings (SSSR count). The largest absolute Gasteiger partial charge is 0.393 e. The van der Waals surface area contributed by atoms with Crippen molar-refractivity contribution in [2.75, 3.05) is 0 Å². The summed E-state index contributed by atoms with van der Waals surface area (Å²) in [6, 6.07) is 10.7. The summed E-state index contributed by atoms with van der Waals surface area (Å²) in [5.41, 5.74) is 3.84. The van der Waals surface area contributed by atoms with Crippen LogP contribution in [0.1, 0.15) is 122 Å². The number of allylic oxidation sites excluding steroid dienone is 1. The standard InChI is InChI=1S/C43H61NO3/c1-5-26-20-28-12-11-27(26)21-33(28)41(47)34-24-30(44-38-9-7-6-8-32(34)38)13-10-25(2)35-14-15-36-40-37(17-19-43(35,36)4)42(3)18-16-31(45)22-29(42)23-39(40)46/h5-9,24-29,31,33,35-37,39-41,45-47H,1,10-23H2,2-4H3/t25-,26?,27+,28+,29+,31-,33?,35-,36+,37+,39-,40+,41-,42+,43-/m1/s1. The molecule has 7 fully saturated rings. The van der Waals surface area contributed by atoms with Crippen molar-refractivity contribution in [3.63, 3.8) is 0 Å². The van der Waals surface area contributed by atoms with Gasteiger partial charge in [0.1, 0.15) is 0 Å². The zero-order valence-corrected chi connectivity index (χ0v) is 29.4. The summed E-state index contributed by atoms with van der Waals surface area (Å²) in [4.78, 5) is 5.17. The third-order valence-electron chi connectivity index (χ3n) is 16.4. The van der Waals surface area contributed by atoms with Crippen molar-refractivity contribution in [3.8, 4) is 0 Å². The predicted octanol–water partition coefficient (Wildman–Crippen LogP) is 9.07. The lowest BCUT2D eigenvalue weighted by molar-refractivity contribution is -0.174. The summed E-state index contributed by atoms with van der Waals surface area (Å²) < 4.78 is 0. The van der Waals surface area contributed by atoms with Crippen molar-refractivity contribution < 1.29 is 15.3 Å². The van der Waals surface area contributed by atoms with Gasteiger partial charge in [-0.2, -0.15) is 0 Å². The number of aryl methyl sites for hydroxylation is 1. The fraction of sp³-hybridized carbons (Fsp3) is 0.744. The summed E-state index contributed by atoms with van der Waals surface area (Å²) in [6.07, 6.45) is 17.2. The first-order chi connectivity index (χ1) is 22.6. The van der Waals surface area contributed by atoms with E-state index >= 15 is 0 Å². The van der Waals surface area contributed by atoms with E-state index in [1.54, 1.807) is 0 Å². The second-order valence-corrected chi connectivity index (χ2v) is 18.3. The summed E-state index contributed by atoms with van der Waals surface area (Å²) >= 11 is 0. The van der Waals surface area contributed by atoms with Crippen molar-refractivity contribution in [2.45, 2.75) is 129 Å². The van der Waals surface area contributed by atoms with E-state index in [1.165, 1.54) is 44.9 Å². The lowest BCUT2D eigenvalue weighted by Gasteiger charge is -2.62. The van der Waals surface area contributed by atoms with Gasteiger partial charge in [-0.3, -0.25) is 4.98 Å². The number of para-hydroxylation sites is 1. The zero-order chi connectivity index (χ0) is 32.7. The highest BCUT2D eigenvalue weighted by atomic mass is 16.3. The Morgan fingerprint density at radius 3 is 2.47 bits per heavy atom. The minimum absolute atomic E-state index is 0.175. The molecule has 2 aromatic rings. The van der Waals surface area contributed by atoms with Crippen molar-refractivity contribution in [3.05, 3.63) is 54.2 Å². The lowest BCUT2D eigenvalue weighted by Crippen LogP contribution is -2.58. The summed E-state index contributed by atoms with van der Waals surface area (Å²) in [6.45, 7) is 11.7. The molecular formula is C43H61NO3. The molecule has 15 atom stereocenters. The second-order valence-electron chi connectivity index (χ2n) is 18.3. The minimum atomic E-state index is -0.432. The van der Waals surface area contributed by atoms with Crippen LogP contribution in [0.4, 0.5) is 0 Å². The van der Waals surface area contributed by atoms with Crippen LogP contribution in [0.2, 0.25) is 0 Å². The van der Waals surface area contributed by atoms with Crippen LogP contribution >= 0.6 is 0 Å². The Bertz CT molecular complexity index is 1470. The Labute approximate surface area is 283 Å². The highest BCUT2D eigenvalue weighted by Gasteiger charge is 2.62. The van der Waals surface area contributed by atoms with Crippen LogP contribution in [0.5, 0.6) is 0 Å². The molecule has 4 nitrogen and oxygen atoms in total. The molecule has 0 aliphatic heterocycles. The highest BCUT2D eigenvalue weighted by Crippen LogP contribution is 2.68. The fourth-order valence-corrected chi connectivity index (χ4v) is 13.8. The summed E-state index contributed by atoms with van der Waals surface area (Å²) in [5.74, 6) is 5.60. The maximum Gasteiger partial charge on any atom is 0.0828 e. The first-order valence-electron chi connectivity index (χ1n) is 19.7. The van der Waals surface area contributed by atoms with E-state index in [0.29, 0.717) is 64.6 Å². The minimum Gasteiger partial charge on any atom is -0.393 e. The molecule has 1 heterocycles. The van der Waals surface area contributed by atoms with Gasteiger partial charge in [0.15, 0.2) is 0 Å². The number of rotatable bonds is 7. The van der Waals surface area contributed by atoms with Crippen LogP contribution in [0.3, 0.4) is 0 Å². The monoisotopic (exact) mass is 639 g/mol. The van der Waals surface area contributed by atoms with Crippen LogP contribution < -0.4 is 0 Å². The second kappa shape index (κ2) is 12.2. The molecule has 256 valence electrons. The fourth-order valence-electron chi connectivity index (χ4n) is 13.8. The summed E-state index contributed by atoms with van der Waals surface area (Å²) in [5, 5.41) is 35.3. The Morgan fingerprint density at radius 2 is 1.68 bits per heavy atom. The Kier molecular flexibility index (Phi) is 8.45. The van der Waals surface area contributed by atoms with Crippen molar-refractivity contribution in [1.29, 1.82) is 0 Å². The Balaban J connectivity index is 0.987.